The lowest BCUT2D eigenvalue weighted by Gasteiger charge is -2.27. The molecule has 0 amide bonds. The molecule has 1 aliphatic heterocycles. The van der Waals surface area contributed by atoms with Crippen LogP contribution < -0.4 is 5.56 Å². The van der Waals surface area contributed by atoms with Gasteiger partial charge in [0.15, 0.2) is 4.77 Å². The van der Waals surface area contributed by atoms with E-state index >= 15 is 0 Å². The first-order valence-corrected chi connectivity index (χ1v) is 7.32. The van der Waals surface area contributed by atoms with E-state index in [1.54, 1.807) is 12.1 Å². The first kappa shape index (κ1) is 14.4. The monoisotopic (exact) mass is 325 g/mol. The molecule has 0 unspecified atom stereocenters. The van der Waals surface area contributed by atoms with Crippen molar-refractivity contribution < 1.29 is 4.39 Å². The van der Waals surface area contributed by atoms with E-state index in [0.29, 0.717) is 23.4 Å². The molecule has 4 nitrogen and oxygen atoms in total. The summed E-state index contributed by atoms with van der Waals surface area (Å²) in [5, 5.41) is 0.117. The van der Waals surface area contributed by atoms with E-state index in [2.05, 4.69) is 14.9 Å². The van der Waals surface area contributed by atoms with Gasteiger partial charge in [0.25, 0.3) is 5.56 Å². The predicted octanol–water partition coefficient (Wildman–Crippen LogP) is 2.78. The number of fused-ring (bicyclic) bond motifs is 1. The second-order valence-electron chi connectivity index (χ2n) is 5.07. The van der Waals surface area contributed by atoms with Gasteiger partial charge < -0.3 is 4.98 Å². The molecule has 1 aromatic carbocycles. The predicted molar refractivity (Wildman–Crippen MR) is 81.5 cm³/mol. The number of benzene rings is 1. The van der Waals surface area contributed by atoms with Crippen molar-refractivity contribution in [2.45, 2.75) is 19.5 Å². The fourth-order valence-corrected chi connectivity index (χ4v) is 2.88. The second-order valence-corrected chi connectivity index (χ2v) is 5.89. The number of nitrogens with zero attached hydrogens (tertiary/aromatic N) is 1. The second kappa shape index (κ2) is 5.71. The van der Waals surface area contributed by atoms with Gasteiger partial charge >= 0.3 is 0 Å². The maximum atomic E-state index is 13.5. The number of aromatic nitrogens is 2. The van der Waals surface area contributed by atoms with E-state index in [0.717, 1.165) is 24.2 Å². The number of halogens is 2. The fraction of sp³-hybridized carbons (Fsp3) is 0.286. The van der Waals surface area contributed by atoms with Crippen LogP contribution in [0.4, 0.5) is 4.39 Å². The van der Waals surface area contributed by atoms with E-state index in [1.807, 2.05) is 0 Å². The highest BCUT2D eigenvalue weighted by Crippen LogP contribution is 2.19. The normalized spacial score (nSPS) is 15.0. The van der Waals surface area contributed by atoms with Crippen LogP contribution >= 0.6 is 23.8 Å². The molecule has 0 spiro atoms. The quantitative estimate of drug-likeness (QED) is 0.835. The molecule has 0 radical (unpaired) electrons. The van der Waals surface area contributed by atoms with Crippen molar-refractivity contribution >= 4 is 23.8 Å². The summed E-state index contributed by atoms with van der Waals surface area (Å²) in [5.74, 6) is -0.423. The third-order valence-electron chi connectivity index (χ3n) is 3.58. The average molecular weight is 326 g/mol. The molecule has 3 rings (SSSR count). The topological polar surface area (TPSA) is 51.9 Å². The summed E-state index contributed by atoms with van der Waals surface area (Å²) in [5.41, 5.74) is 2.27. The lowest BCUT2D eigenvalue weighted by molar-refractivity contribution is 0.241. The minimum atomic E-state index is -0.423. The van der Waals surface area contributed by atoms with Crippen LogP contribution in [0.2, 0.25) is 5.02 Å². The Morgan fingerprint density at radius 3 is 2.95 bits per heavy atom. The molecule has 0 fully saturated rings. The zero-order valence-corrected chi connectivity index (χ0v) is 12.7. The minimum Gasteiger partial charge on any atom is -0.335 e. The van der Waals surface area contributed by atoms with Crippen LogP contribution in [0.5, 0.6) is 0 Å². The Balaban J connectivity index is 1.81. The van der Waals surface area contributed by atoms with Gasteiger partial charge in [-0.3, -0.25) is 14.7 Å². The number of nitrogens with one attached hydrogen (secondary N) is 2. The molecule has 1 aromatic heterocycles. The van der Waals surface area contributed by atoms with E-state index in [-0.39, 0.29) is 10.6 Å². The molecule has 0 saturated heterocycles. The summed E-state index contributed by atoms with van der Waals surface area (Å²) in [4.78, 5) is 19.7. The van der Waals surface area contributed by atoms with Gasteiger partial charge in [0.05, 0.1) is 10.6 Å². The molecule has 0 atom stereocenters. The zero-order chi connectivity index (χ0) is 15.0. The molecule has 7 heteroatoms. The van der Waals surface area contributed by atoms with Crippen molar-refractivity contribution in [3.63, 3.8) is 0 Å². The largest absolute Gasteiger partial charge is 0.335 e. The Hall–Kier alpha value is -1.50. The third-order valence-corrected chi connectivity index (χ3v) is 4.09. The summed E-state index contributed by atoms with van der Waals surface area (Å²) in [6, 6.07) is 4.78. The number of aromatic amines is 2. The molecule has 0 aliphatic carbocycles. The van der Waals surface area contributed by atoms with Gasteiger partial charge in [-0.25, -0.2) is 4.39 Å². The van der Waals surface area contributed by atoms with Crippen molar-refractivity contribution in [1.29, 1.82) is 0 Å². The van der Waals surface area contributed by atoms with Gasteiger partial charge in [-0.2, -0.15) is 0 Å². The molecule has 0 bridgehead atoms. The maximum Gasteiger partial charge on any atom is 0.256 e. The molecule has 2 aromatic rings. The van der Waals surface area contributed by atoms with Crippen LogP contribution in [-0.2, 0) is 19.5 Å². The highest BCUT2D eigenvalue weighted by molar-refractivity contribution is 7.71. The van der Waals surface area contributed by atoms with Crippen molar-refractivity contribution in [3.05, 3.63) is 61.0 Å². The Morgan fingerprint density at radius 2 is 2.19 bits per heavy atom. The van der Waals surface area contributed by atoms with Crippen LogP contribution in [0.15, 0.2) is 23.0 Å². The lowest BCUT2D eigenvalue weighted by atomic mass is 10.1. The molecular formula is C14H13ClFN3OS. The average Bonchev–Trinajstić information content (AvgIpc) is 2.43. The van der Waals surface area contributed by atoms with Gasteiger partial charge in [-0.15, -0.1) is 0 Å². The summed E-state index contributed by atoms with van der Waals surface area (Å²) in [6.07, 6.45) is 0.721. The molecule has 0 saturated carbocycles. The van der Waals surface area contributed by atoms with E-state index in [9.17, 15) is 9.18 Å². The summed E-state index contributed by atoms with van der Waals surface area (Å²) < 4.78 is 13.8. The van der Waals surface area contributed by atoms with Crippen LogP contribution in [0.1, 0.15) is 16.8 Å². The number of hydrogen-bond acceptors (Lipinski definition) is 3. The SMILES string of the molecule is O=c1[nH]c(=S)[nH]c2c1CN(Cc1ccc(Cl)c(F)c1)CC2. The summed E-state index contributed by atoms with van der Waals surface area (Å²) >= 11 is 10.6. The van der Waals surface area contributed by atoms with E-state index in [1.165, 1.54) is 6.07 Å². The molecule has 2 N–H and O–H groups in total. The summed E-state index contributed by atoms with van der Waals surface area (Å²) in [7, 11) is 0. The molecule has 110 valence electrons. The standard InChI is InChI=1S/C14H13ClFN3OS/c15-10-2-1-8(5-11(10)16)6-19-4-3-12-9(7-19)13(20)18-14(21)17-12/h1-2,5H,3-4,6-7H2,(H2,17,18,20,21). The van der Waals surface area contributed by atoms with Gasteiger partial charge in [-0.05, 0) is 29.9 Å². The van der Waals surface area contributed by atoms with Crippen LogP contribution in [0.3, 0.4) is 0 Å². The number of H-pyrrole nitrogens is 2. The maximum absolute atomic E-state index is 13.5. The van der Waals surface area contributed by atoms with Crippen LogP contribution in [-0.4, -0.2) is 21.4 Å². The Morgan fingerprint density at radius 1 is 1.38 bits per heavy atom. The molecule has 1 aliphatic rings. The first-order chi connectivity index (χ1) is 10.0. The zero-order valence-electron chi connectivity index (χ0n) is 11.1. The molecule has 21 heavy (non-hydrogen) atoms. The smallest absolute Gasteiger partial charge is 0.256 e. The van der Waals surface area contributed by atoms with Gasteiger partial charge in [-0.1, -0.05) is 17.7 Å². The number of rotatable bonds is 2. The van der Waals surface area contributed by atoms with E-state index < -0.39 is 5.82 Å². The lowest BCUT2D eigenvalue weighted by Crippen LogP contribution is -2.35. The molecule has 2 heterocycles. The van der Waals surface area contributed by atoms with Gasteiger partial charge in [0.1, 0.15) is 5.82 Å². The minimum absolute atomic E-state index is 0.117. The van der Waals surface area contributed by atoms with Crippen LogP contribution in [0, 0.1) is 10.6 Å². The highest BCUT2D eigenvalue weighted by Gasteiger charge is 2.19. The Labute approximate surface area is 130 Å². The van der Waals surface area contributed by atoms with Crippen molar-refractivity contribution in [2.75, 3.05) is 6.54 Å². The van der Waals surface area contributed by atoms with Gasteiger partial charge in [0.2, 0.25) is 0 Å². The van der Waals surface area contributed by atoms with Gasteiger partial charge in [0, 0.05) is 31.7 Å². The first-order valence-electron chi connectivity index (χ1n) is 6.53. The Kier molecular flexibility index (Phi) is 3.93. The number of hydrogen-bond donors (Lipinski definition) is 2. The van der Waals surface area contributed by atoms with E-state index in [4.69, 9.17) is 23.8 Å². The summed E-state index contributed by atoms with van der Waals surface area (Å²) in [6.45, 7) is 1.87. The van der Waals surface area contributed by atoms with Crippen molar-refractivity contribution in [1.82, 2.24) is 14.9 Å². The van der Waals surface area contributed by atoms with Crippen molar-refractivity contribution in [2.24, 2.45) is 0 Å². The Bertz CT molecular complexity index is 802. The third kappa shape index (κ3) is 3.07. The molecular weight excluding hydrogens is 313 g/mol. The fourth-order valence-electron chi connectivity index (χ4n) is 2.54. The van der Waals surface area contributed by atoms with Crippen LogP contribution in [0.25, 0.3) is 0 Å². The highest BCUT2D eigenvalue weighted by atomic mass is 35.5. The van der Waals surface area contributed by atoms with Crippen molar-refractivity contribution in [3.8, 4) is 0 Å².